The number of amides is 2. The molecule has 1 aromatic carbocycles. The summed E-state index contributed by atoms with van der Waals surface area (Å²) < 4.78 is 0.663. The molecule has 0 unspecified atom stereocenters. The van der Waals surface area contributed by atoms with Crippen LogP contribution in [0.3, 0.4) is 0 Å². The van der Waals surface area contributed by atoms with E-state index in [1.54, 1.807) is 12.1 Å². The zero-order chi connectivity index (χ0) is 15.0. The highest BCUT2D eigenvalue weighted by atomic mass is 79.9. The van der Waals surface area contributed by atoms with E-state index in [4.69, 9.17) is 5.11 Å². The van der Waals surface area contributed by atoms with Gasteiger partial charge in [0.25, 0.3) is 0 Å². The van der Waals surface area contributed by atoms with Gasteiger partial charge in [0.15, 0.2) is 0 Å². The van der Waals surface area contributed by atoms with Crippen molar-refractivity contribution < 1.29 is 14.7 Å². The summed E-state index contributed by atoms with van der Waals surface area (Å²) in [7, 11) is 0. The first-order valence-corrected chi connectivity index (χ1v) is 7.87. The van der Waals surface area contributed by atoms with Crippen LogP contribution >= 0.6 is 15.9 Å². The van der Waals surface area contributed by atoms with Gasteiger partial charge < -0.3 is 15.7 Å². The summed E-state index contributed by atoms with van der Waals surface area (Å²) in [5, 5.41) is 14.7. The Bertz CT molecular complexity index is 595. The number of nitrogens with one attached hydrogen (secondary N) is 2. The van der Waals surface area contributed by atoms with Gasteiger partial charge in [-0.2, -0.15) is 0 Å². The lowest BCUT2D eigenvalue weighted by atomic mass is 10.0. The number of hydrogen-bond donors (Lipinski definition) is 3. The van der Waals surface area contributed by atoms with Gasteiger partial charge in [-0.1, -0.05) is 15.9 Å². The van der Waals surface area contributed by atoms with E-state index in [-0.39, 0.29) is 11.6 Å². The number of rotatable bonds is 5. The quantitative estimate of drug-likeness (QED) is 0.759. The van der Waals surface area contributed by atoms with E-state index < -0.39 is 5.97 Å². The fourth-order valence-electron chi connectivity index (χ4n) is 2.81. The summed E-state index contributed by atoms with van der Waals surface area (Å²) in [4.78, 5) is 23.2. The van der Waals surface area contributed by atoms with E-state index in [1.165, 1.54) is 31.7 Å². The van der Waals surface area contributed by atoms with Gasteiger partial charge in [0.2, 0.25) is 0 Å². The van der Waals surface area contributed by atoms with Crippen molar-refractivity contribution in [3.63, 3.8) is 0 Å². The molecule has 0 heterocycles. The molecular formula is C15H17BrN2O3. The maximum absolute atomic E-state index is 12.0. The highest BCUT2D eigenvalue weighted by Crippen LogP contribution is 2.60. The van der Waals surface area contributed by atoms with Crippen molar-refractivity contribution >= 4 is 33.6 Å². The molecule has 3 rings (SSSR count). The molecular weight excluding hydrogens is 336 g/mol. The third-order valence-corrected chi connectivity index (χ3v) is 4.89. The van der Waals surface area contributed by atoms with E-state index in [2.05, 4.69) is 26.6 Å². The Balaban J connectivity index is 1.61. The minimum absolute atomic E-state index is 0.0721. The first-order chi connectivity index (χ1) is 10.00. The summed E-state index contributed by atoms with van der Waals surface area (Å²) >= 11 is 3.23. The van der Waals surface area contributed by atoms with Gasteiger partial charge in [-0.25, -0.2) is 9.59 Å². The largest absolute Gasteiger partial charge is 0.478 e. The van der Waals surface area contributed by atoms with Gasteiger partial charge in [0.05, 0.1) is 11.3 Å². The molecule has 112 valence electrons. The molecule has 0 aromatic heterocycles. The van der Waals surface area contributed by atoms with E-state index in [0.717, 1.165) is 5.92 Å². The number of carboxylic acid groups (broad SMARTS) is 1. The fraction of sp³-hybridized carbons (Fsp3) is 0.467. The highest BCUT2D eigenvalue weighted by molar-refractivity contribution is 9.10. The average Bonchev–Trinajstić information content (AvgIpc) is 3.30. The number of carboxylic acids is 1. The molecule has 0 spiro atoms. The van der Waals surface area contributed by atoms with Crippen LogP contribution in [0.4, 0.5) is 10.5 Å². The van der Waals surface area contributed by atoms with Crippen LogP contribution in [0, 0.1) is 11.3 Å². The van der Waals surface area contributed by atoms with Crippen molar-refractivity contribution in [2.75, 3.05) is 11.9 Å². The number of hydrogen-bond acceptors (Lipinski definition) is 2. The predicted molar refractivity (Wildman–Crippen MR) is 82.5 cm³/mol. The first kappa shape index (κ1) is 14.4. The lowest BCUT2D eigenvalue weighted by Crippen LogP contribution is -2.34. The molecule has 2 fully saturated rings. The molecule has 0 aliphatic heterocycles. The second kappa shape index (κ2) is 5.33. The molecule has 6 heteroatoms. The topological polar surface area (TPSA) is 78.4 Å². The van der Waals surface area contributed by atoms with Gasteiger partial charge >= 0.3 is 12.0 Å². The van der Waals surface area contributed by atoms with Crippen molar-refractivity contribution in [2.24, 2.45) is 11.3 Å². The van der Waals surface area contributed by atoms with Crippen LogP contribution < -0.4 is 10.6 Å². The Labute approximate surface area is 131 Å². The third-order valence-electron chi connectivity index (χ3n) is 4.40. The highest BCUT2D eigenvalue weighted by Gasteiger charge is 2.53. The molecule has 21 heavy (non-hydrogen) atoms. The van der Waals surface area contributed by atoms with Gasteiger partial charge in [0.1, 0.15) is 0 Å². The monoisotopic (exact) mass is 352 g/mol. The minimum atomic E-state index is -1.07. The number of urea groups is 1. The standard InChI is InChI=1S/C15H17BrN2O3/c16-10-3-4-12(11(7-10)13(19)20)18-14(21)17-8-15(5-6-15)9-1-2-9/h3-4,7,9H,1-2,5-6,8H2,(H,19,20)(H2,17,18,21). The molecule has 2 saturated carbocycles. The van der Waals surface area contributed by atoms with Crippen LogP contribution in [0.1, 0.15) is 36.0 Å². The van der Waals surface area contributed by atoms with Crippen molar-refractivity contribution in [2.45, 2.75) is 25.7 Å². The van der Waals surface area contributed by atoms with Crippen LogP contribution in [-0.2, 0) is 0 Å². The first-order valence-electron chi connectivity index (χ1n) is 7.08. The molecule has 2 amide bonds. The minimum Gasteiger partial charge on any atom is -0.478 e. The molecule has 3 N–H and O–H groups in total. The summed E-state index contributed by atoms with van der Waals surface area (Å²) in [5.74, 6) is -0.289. The average molecular weight is 353 g/mol. The normalized spacial score (nSPS) is 18.9. The third kappa shape index (κ3) is 3.20. The van der Waals surface area contributed by atoms with Crippen LogP contribution in [0.2, 0.25) is 0 Å². The molecule has 5 nitrogen and oxygen atoms in total. The molecule has 2 aliphatic carbocycles. The zero-order valence-corrected chi connectivity index (χ0v) is 13.1. The van der Waals surface area contributed by atoms with Crippen LogP contribution in [0.25, 0.3) is 0 Å². The van der Waals surface area contributed by atoms with Crippen LogP contribution in [-0.4, -0.2) is 23.7 Å². The summed E-state index contributed by atoms with van der Waals surface area (Å²) in [6.45, 7) is 0.683. The Morgan fingerprint density at radius 1 is 1.33 bits per heavy atom. The Morgan fingerprint density at radius 3 is 2.62 bits per heavy atom. The van der Waals surface area contributed by atoms with Crippen LogP contribution in [0.15, 0.2) is 22.7 Å². The molecule has 0 radical (unpaired) electrons. The van der Waals surface area contributed by atoms with Crippen molar-refractivity contribution in [1.82, 2.24) is 5.32 Å². The van der Waals surface area contributed by atoms with Crippen molar-refractivity contribution in [3.05, 3.63) is 28.2 Å². The van der Waals surface area contributed by atoms with E-state index >= 15 is 0 Å². The maximum atomic E-state index is 12.0. The molecule has 1 aromatic rings. The van der Waals surface area contributed by atoms with Gasteiger partial charge in [-0.05, 0) is 55.2 Å². The summed E-state index contributed by atoms with van der Waals surface area (Å²) in [5.41, 5.74) is 0.703. The maximum Gasteiger partial charge on any atom is 0.337 e. The second-order valence-electron chi connectivity index (χ2n) is 5.94. The molecule has 0 saturated heterocycles. The van der Waals surface area contributed by atoms with E-state index in [0.29, 0.717) is 22.1 Å². The van der Waals surface area contributed by atoms with Crippen molar-refractivity contribution in [1.29, 1.82) is 0 Å². The lowest BCUT2D eigenvalue weighted by molar-refractivity contribution is 0.0698. The van der Waals surface area contributed by atoms with Gasteiger partial charge in [-0.3, -0.25) is 0 Å². The van der Waals surface area contributed by atoms with E-state index in [1.807, 2.05) is 0 Å². The number of halogens is 1. The zero-order valence-electron chi connectivity index (χ0n) is 11.5. The molecule has 0 bridgehead atoms. The van der Waals surface area contributed by atoms with Crippen molar-refractivity contribution in [3.8, 4) is 0 Å². The number of carbonyl (C=O) groups is 2. The number of carbonyl (C=O) groups excluding carboxylic acids is 1. The van der Waals surface area contributed by atoms with Gasteiger partial charge in [-0.15, -0.1) is 0 Å². The lowest BCUT2D eigenvalue weighted by Gasteiger charge is -2.16. The summed E-state index contributed by atoms with van der Waals surface area (Å²) in [6, 6.07) is 4.42. The Kier molecular flexibility index (Phi) is 3.65. The molecule has 0 atom stereocenters. The SMILES string of the molecule is O=C(NCC1(C2CC2)CC1)Nc1ccc(Br)cc1C(=O)O. The number of benzene rings is 1. The number of aromatic carboxylic acids is 1. The van der Waals surface area contributed by atoms with Gasteiger partial charge in [0, 0.05) is 11.0 Å². The smallest absolute Gasteiger partial charge is 0.337 e. The Morgan fingerprint density at radius 2 is 2.05 bits per heavy atom. The Hall–Kier alpha value is -1.56. The number of anilines is 1. The van der Waals surface area contributed by atoms with E-state index in [9.17, 15) is 9.59 Å². The predicted octanol–water partition coefficient (Wildman–Crippen LogP) is 3.46. The summed E-state index contributed by atoms with van der Waals surface area (Å²) in [6.07, 6.45) is 4.94. The second-order valence-corrected chi connectivity index (χ2v) is 6.86. The van der Waals surface area contributed by atoms with Crippen LogP contribution in [0.5, 0.6) is 0 Å². The molecule has 2 aliphatic rings. The fourth-order valence-corrected chi connectivity index (χ4v) is 3.17.